The molecule has 0 aromatic rings. The van der Waals surface area contributed by atoms with E-state index in [1.165, 1.54) is 0 Å². The molecule has 0 aliphatic rings. The quantitative estimate of drug-likeness (QED) is 0.309. The minimum Gasteiger partial charge on any atom is -0.231 e. The molecule has 14 heteroatoms. The zero-order chi connectivity index (χ0) is 13.3. The van der Waals surface area contributed by atoms with Crippen molar-refractivity contribution in [2.24, 2.45) is 0 Å². The summed E-state index contributed by atoms with van der Waals surface area (Å²) in [5.41, 5.74) is 0. The van der Waals surface area contributed by atoms with Crippen molar-refractivity contribution in [3.05, 3.63) is 0 Å². The first-order valence-electron chi connectivity index (χ1n) is 2.77. The molecule has 0 saturated heterocycles. The van der Waals surface area contributed by atoms with Gasteiger partial charge in [0.2, 0.25) is 0 Å². The molecule has 0 fully saturated rings. The van der Waals surface area contributed by atoms with E-state index in [1.54, 1.807) is 0 Å². The second-order valence-corrected chi connectivity index (χ2v) is 4.22. The third-order valence-electron chi connectivity index (χ3n) is 0.879. The monoisotopic (exact) mass is 288 g/mol. The molecule has 0 saturated carbocycles. The van der Waals surface area contributed by atoms with Crippen LogP contribution in [0.3, 0.4) is 0 Å². The molecule has 0 bridgehead atoms. The van der Waals surface area contributed by atoms with E-state index in [-0.39, 0.29) is 0 Å². The Labute approximate surface area is 85.7 Å². The van der Waals surface area contributed by atoms with Gasteiger partial charge in [-0.1, -0.05) is 16.6 Å². The van der Waals surface area contributed by atoms with Crippen LogP contribution < -0.4 is 0 Å². The van der Waals surface area contributed by atoms with E-state index in [2.05, 4.69) is 0 Å². The minimum absolute atomic E-state index is 2.18. The molecule has 0 spiro atoms. The lowest BCUT2D eigenvalue weighted by Crippen LogP contribution is -2.50. The third kappa shape index (κ3) is 3.30. The van der Waals surface area contributed by atoms with Crippen LogP contribution in [-0.4, -0.2) is 38.0 Å². The number of hydrazine groups is 1. The summed E-state index contributed by atoms with van der Waals surface area (Å²) in [6, 6.07) is 0. The van der Waals surface area contributed by atoms with E-state index in [0.29, 0.717) is 0 Å². The standard InChI is InChI=1S/C2F4N2O6S2/c3-1(9)7(15(5,11)12)8(2(4)10)16(6,13)14. The molecule has 0 N–H and O–H groups in total. The Bertz CT molecular complexity index is 463. The number of amides is 2. The average molecular weight is 288 g/mol. The molecule has 0 aromatic carbocycles. The van der Waals surface area contributed by atoms with E-state index in [4.69, 9.17) is 0 Å². The predicted octanol–water partition coefficient (Wildman–Crippen LogP) is 0.113. The second-order valence-electron chi connectivity index (χ2n) is 1.88. The molecule has 2 amide bonds. The van der Waals surface area contributed by atoms with Crippen LogP contribution in [0.25, 0.3) is 0 Å². The van der Waals surface area contributed by atoms with Gasteiger partial charge in [0, 0.05) is 0 Å². The fourth-order valence-electron chi connectivity index (χ4n) is 0.491. The Balaban J connectivity index is 5.87. The van der Waals surface area contributed by atoms with Crippen molar-refractivity contribution in [3.8, 4) is 0 Å². The lowest BCUT2D eigenvalue weighted by atomic mass is 11.2. The maximum absolute atomic E-state index is 12.1. The SMILES string of the molecule is O=C(F)N(N(C(=O)F)S(=O)(=O)F)S(=O)(=O)F. The van der Waals surface area contributed by atoms with Crippen LogP contribution in [0.1, 0.15) is 0 Å². The number of halogens is 4. The Morgan fingerprint density at radius 2 is 0.938 bits per heavy atom. The maximum Gasteiger partial charge on any atom is 0.436 e. The summed E-state index contributed by atoms with van der Waals surface area (Å²) in [5.74, 6) is 0. The van der Waals surface area contributed by atoms with Crippen LogP contribution in [-0.2, 0) is 20.8 Å². The fourth-order valence-corrected chi connectivity index (χ4v) is 1.79. The van der Waals surface area contributed by atoms with Gasteiger partial charge in [0.1, 0.15) is 0 Å². The number of nitrogens with zero attached hydrogens (tertiary/aromatic N) is 2. The van der Waals surface area contributed by atoms with E-state index in [9.17, 15) is 43.0 Å². The van der Waals surface area contributed by atoms with Gasteiger partial charge in [0.05, 0.1) is 0 Å². The molecule has 16 heavy (non-hydrogen) atoms. The Morgan fingerprint density at radius 3 is 1.00 bits per heavy atom. The largest absolute Gasteiger partial charge is 0.436 e. The van der Waals surface area contributed by atoms with Crippen LogP contribution in [0, 0.1) is 0 Å². The first kappa shape index (κ1) is 14.6. The number of hydrogen-bond acceptors (Lipinski definition) is 6. The van der Waals surface area contributed by atoms with Crippen LogP contribution in [0.5, 0.6) is 0 Å². The number of carbonyl (C=O) groups is 2. The highest BCUT2D eigenvalue weighted by molar-refractivity contribution is 7.87. The first-order chi connectivity index (χ1) is 6.89. The van der Waals surface area contributed by atoms with Crippen molar-refractivity contribution in [3.63, 3.8) is 0 Å². The van der Waals surface area contributed by atoms with Crippen LogP contribution in [0.4, 0.5) is 26.1 Å². The normalized spacial score (nSPS) is 12.0. The lowest BCUT2D eigenvalue weighted by Gasteiger charge is -2.20. The van der Waals surface area contributed by atoms with Gasteiger partial charge in [0.25, 0.3) is 0 Å². The summed E-state index contributed by atoms with van der Waals surface area (Å²) in [6.45, 7) is 0. The van der Waals surface area contributed by atoms with Gasteiger partial charge in [-0.05, 0) is 0 Å². The molecule has 0 aromatic heterocycles. The zero-order valence-electron chi connectivity index (χ0n) is 6.67. The molecule has 8 nitrogen and oxygen atoms in total. The third-order valence-corrected chi connectivity index (χ3v) is 2.42. The molecular weight excluding hydrogens is 288 g/mol. The van der Waals surface area contributed by atoms with Gasteiger partial charge in [-0.25, -0.2) is 9.59 Å². The molecule has 94 valence electrons. The molecule has 0 unspecified atom stereocenters. The molecule has 0 rings (SSSR count). The van der Waals surface area contributed by atoms with Crippen LogP contribution in [0.15, 0.2) is 0 Å². The van der Waals surface area contributed by atoms with Gasteiger partial charge in [-0.2, -0.15) is 16.8 Å². The summed E-state index contributed by atoms with van der Waals surface area (Å²) in [5, 5.41) is 0. The van der Waals surface area contributed by atoms with Crippen molar-refractivity contribution < 1.29 is 43.0 Å². The predicted molar refractivity (Wildman–Crippen MR) is 36.7 cm³/mol. The van der Waals surface area contributed by atoms with Crippen molar-refractivity contribution in [1.29, 1.82) is 0 Å². The van der Waals surface area contributed by atoms with E-state index >= 15 is 0 Å². The summed E-state index contributed by atoms with van der Waals surface area (Å²) in [4.78, 5) is 19.7. The summed E-state index contributed by atoms with van der Waals surface area (Å²) in [7, 11) is -13.1. The molecule has 0 aliphatic heterocycles. The van der Waals surface area contributed by atoms with E-state index in [1.807, 2.05) is 0 Å². The van der Waals surface area contributed by atoms with Gasteiger partial charge in [0.15, 0.2) is 0 Å². The fraction of sp³-hybridized carbons (Fsp3) is 0. The molecule has 0 aliphatic carbocycles. The first-order valence-corrected chi connectivity index (χ1v) is 5.45. The van der Waals surface area contributed by atoms with E-state index in [0.717, 1.165) is 0 Å². The van der Waals surface area contributed by atoms with Crippen molar-refractivity contribution in [1.82, 2.24) is 8.83 Å². The Hall–Kier alpha value is -1.44. The van der Waals surface area contributed by atoms with Gasteiger partial charge in [-0.3, -0.25) is 0 Å². The Morgan fingerprint density at radius 1 is 0.750 bits per heavy atom. The smallest absolute Gasteiger partial charge is 0.231 e. The number of hydrogen-bond donors (Lipinski definition) is 0. The van der Waals surface area contributed by atoms with Crippen LogP contribution in [0.2, 0.25) is 0 Å². The number of carbonyl (C=O) groups excluding carboxylic acids is 2. The molecule has 0 heterocycles. The maximum atomic E-state index is 12.1. The van der Waals surface area contributed by atoms with Crippen LogP contribution >= 0.6 is 0 Å². The highest BCUT2D eigenvalue weighted by Gasteiger charge is 2.45. The summed E-state index contributed by atoms with van der Waals surface area (Å²) in [6.07, 6.45) is -6.90. The highest BCUT2D eigenvalue weighted by atomic mass is 32.3. The minimum atomic E-state index is -6.54. The van der Waals surface area contributed by atoms with E-state index < -0.39 is 42.0 Å². The van der Waals surface area contributed by atoms with Crippen molar-refractivity contribution in [2.75, 3.05) is 0 Å². The van der Waals surface area contributed by atoms with Gasteiger partial charge >= 0.3 is 33.1 Å². The summed E-state index contributed by atoms with van der Waals surface area (Å²) >= 11 is 0. The number of rotatable bonds is 2. The Kier molecular flexibility index (Phi) is 3.82. The topological polar surface area (TPSA) is 109 Å². The lowest BCUT2D eigenvalue weighted by molar-refractivity contribution is 0.123. The van der Waals surface area contributed by atoms with Gasteiger partial charge in [-0.15, -0.1) is 8.78 Å². The highest BCUT2D eigenvalue weighted by Crippen LogP contribution is 2.17. The molecule has 0 radical (unpaired) electrons. The second kappa shape index (κ2) is 4.20. The van der Waals surface area contributed by atoms with Crippen molar-refractivity contribution in [2.45, 2.75) is 0 Å². The van der Waals surface area contributed by atoms with Gasteiger partial charge < -0.3 is 0 Å². The van der Waals surface area contributed by atoms with Crippen molar-refractivity contribution >= 4 is 33.1 Å². The average Bonchev–Trinajstić information content (AvgIpc) is 1.92. The zero-order valence-corrected chi connectivity index (χ0v) is 8.31. The molecule has 0 atom stereocenters. The summed E-state index contributed by atoms with van der Waals surface area (Å²) < 4.78 is 83.5. The molecular formula is C2F4N2O6S2.